The minimum atomic E-state index is 0.0597. The lowest BCUT2D eigenvalue weighted by Gasteiger charge is -2.22. The van der Waals surface area contributed by atoms with E-state index in [0.29, 0.717) is 18.9 Å². The summed E-state index contributed by atoms with van der Waals surface area (Å²) in [5, 5.41) is 0.0597. The summed E-state index contributed by atoms with van der Waals surface area (Å²) >= 11 is 1.66. The van der Waals surface area contributed by atoms with E-state index in [9.17, 15) is 4.79 Å². The van der Waals surface area contributed by atoms with Gasteiger partial charge in [-0.25, -0.2) is 0 Å². The summed E-state index contributed by atoms with van der Waals surface area (Å²) in [6.45, 7) is 1.18. The van der Waals surface area contributed by atoms with E-state index in [2.05, 4.69) is 16.8 Å². The van der Waals surface area contributed by atoms with Crippen molar-refractivity contribution in [1.82, 2.24) is 9.47 Å². The van der Waals surface area contributed by atoms with Gasteiger partial charge in [0, 0.05) is 43.4 Å². The number of rotatable bonds is 6. The average molecular weight is 332 g/mol. The molecule has 1 aliphatic heterocycles. The van der Waals surface area contributed by atoms with E-state index in [1.807, 2.05) is 35.4 Å². The summed E-state index contributed by atoms with van der Waals surface area (Å²) in [5.41, 5.74) is 2.16. The molecule has 0 N–H and O–H groups in total. The number of nitrogens with zero attached hydrogens (tertiary/aromatic N) is 2. The van der Waals surface area contributed by atoms with Crippen LogP contribution in [0.5, 0.6) is 5.75 Å². The van der Waals surface area contributed by atoms with E-state index in [-0.39, 0.29) is 11.3 Å². The lowest BCUT2D eigenvalue weighted by Crippen LogP contribution is -2.31. The third-order valence-electron chi connectivity index (χ3n) is 3.86. The number of methoxy groups -OCH3 is 2. The van der Waals surface area contributed by atoms with Crippen molar-refractivity contribution in [3.63, 3.8) is 0 Å². The van der Waals surface area contributed by atoms with Crippen molar-refractivity contribution in [2.75, 3.05) is 33.1 Å². The quantitative estimate of drug-likeness (QED) is 0.816. The van der Waals surface area contributed by atoms with E-state index < -0.39 is 0 Å². The Bertz CT molecular complexity index is 686. The number of aromatic nitrogens is 1. The van der Waals surface area contributed by atoms with Crippen LogP contribution in [0.25, 0.3) is 5.69 Å². The summed E-state index contributed by atoms with van der Waals surface area (Å²) in [7, 11) is 3.32. The Morgan fingerprint density at radius 3 is 2.96 bits per heavy atom. The van der Waals surface area contributed by atoms with Crippen LogP contribution in [-0.2, 0) is 9.53 Å². The summed E-state index contributed by atoms with van der Waals surface area (Å²) in [4.78, 5) is 13.9. The smallest absolute Gasteiger partial charge is 0.233 e. The number of amides is 1. The van der Waals surface area contributed by atoms with Crippen LogP contribution in [0.4, 0.5) is 0 Å². The molecule has 0 saturated carbocycles. The second-order valence-corrected chi connectivity index (χ2v) is 6.37. The summed E-state index contributed by atoms with van der Waals surface area (Å²) < 4.78 is 12.4. The van der Waals surface area contributed by atoms with Gasteiger partial charge in [0.15, 0.2) is 0 Å². The summed E-state index contributed by atoms with van der Waals surface area (Å²) in [5.74, 6) is 1.52. The van der Waals surface area contributed by atoms with Crippen molar-refractivity contribution in [1.29, 1.82) is 0 Å². The topological polar surface area (TPSA) is 43.7 Å². The molecule has 2 aromatic rings. The van der Waals surface area contributed by atoms with Gasteiger partial charge >= 0.3 is 0 Å². The van der Waals surface area contributed by atoms with Crippen LogP contribution in [0.2, 0.25) is 0 Å². The van der Waals surface area contributed by atoms with E-state index in [4.69, 9.17) is 9.47 Å². The SMILES string of the molecule is COCCN1C(=O)CS[C@H]1c1ccn(-c2cccc(OC)c2)c1. The highest BCUT2D eigenvalue weighted by molar-refractivity contribution is 8.00. The first kappa shape index (κ1) is 16.0. The van der Waals surface area contributed by atoms with Crippen molar-refractivity contribution in [3.8, 4) is 11.4 Å². The first-order chi connectivity index (χ1) is 11.2. The predicted molar refractivity (Wildman–Crippen MR) is 91.1 cm³/mol. The van der Waals surface area contributed by atoms with Crippen molar-refractivity contribution >= 4 is 17.7 Å². The first-order valence-electron chi connectivity index (χ1n) is 7.45. The number of benzene rings is 1. The van der Waals surface area contributed by atoms with Crippen LogP contribution in [-0.4, -0.2) is 48.5 Å². The predicted octanol–water partition coefficient (Wildman–Crippen LogP) is 2.71. The third-order valence-corrected chi connectivity index (χ3v) is 5.11. The van der Waals surface area contributed by atoms with Gasteiger partial charge in [0.2, 0.25) is 5.91 Å². The highest BCUT2D eigenvalue weighted by Crippen LogP contribution is 2.38. The van der Waals surface area contributed by atoms with Gasteiger partial charge in [-0.1, -0.05) is 6.07 Å². The molecule has 1 aliphatic rings. The molecule has 0 aliphatic carbocycles. The zero-order valence-corrected chi connectivity index (χ0v) is 14.1. The minimum absolute atomic E-state index is 0.0597. The molecule has 1 aromatic carbocycles. The summed E-state index contributed by atoms with van der Waals surface area (Å²) in [6.07, 6.45) is 4.09. The molecule has 5 nitrogen and oxygen atoms in total. The van der Waals surface area contributed by atoms with Gasteiger partial charge in [-0.3, -0.25) is 4.79 Å². The molecule has 2 heterocycles. The number of ether oxygens (including phenoxy) is 2. The van der Waals surface area contributed by atoms with E-state index in [1.165, 1.54) is 0 Å². The van der Waals surface area contributed by atoms with Crippen LogP contribution in [0.15, 0.2) is 42.7 Å². The maximum atomic E-state index is 12.1. The van der Waals surface area contributed by atoms with Crippen molar-refractivity contribution < 1.29 is 14.3 Å². The van der Waals surface area contributed by atoms with Crippen LogP contribution in [0, 0.1) is 0 Å². The Labute approximate surface area is 140 Å². The largest absolute Gasteiger partial charge is 0.497 e. The Morgan fingerprint density at radius 1 is 1.30 bits per heavy atom. The lowest BCUT2D eigenvalue weighted by atomic mass is 10.3. The van der Waals surface area contributed by atoms with Crippen LogP contribution < -0.4 is 4.74 Å². The Kier molecular flexibility index (Phi) is 4.93. The van der Waals surface area contributed by atoms with Crippen LogP contribution in [0.1, 0.15) is 10.9 Å². The van der Waals surface area contributed by atoms with Crippen molar-refractivity contribution in [3.05, 3.63) is 48.3 Å². The van der Waals surface area contributed by atoms with Crippen molar-refractivity contribution in [2.24, 2.45) is 0 Å². The van der Waals surface area contributed by atoms with E-state index >= 15 is 0 Å². The molecule has 0 bridgehead atoms. The van der Waals surface area contributed by atoms with Gasteiger partial charge < -0.3 is 18.9 Å². The fourth-order valence-corrected chi connectivity index (χ4v) is 3.85. The Morgan fingerprint density at radius 2 is 2.17 bits per heavy atom. The second-order valence-electron chi connectivity index (χ2n) is 5.30. The maximum absolute atomic E-state index is 12.1. The maximum Gasteiger partial charge on any atom is 0.233 e. The monoisotopic (exact) mass is 332 g/mol. The minimum Gasteiger partial charge on any atom is -0.497 e. The van der Waals surface area contributed by atoms with E-state index in [1.54, 1.807) is 26.0 Å². The molecule has 3 rings (SSSR count). The number of carbonyl (C=O) groups is 1. The van der Waals surface area contributed by atoms with Gasteiger partial charge in [-0.2, -0.15) is 0 Å². The Balaban J connectivity index is 1.82. The van der Waals surface area contributed by atoms with Crippen LogP contribution >= 0.6 is 11.8 Å². The van der Waals surface area contributed by atoms with Gasteiger partial charge in [-0.05, 0) is 18.2 Å². The second kappa shape index (κ2) is 7.10. The normalized spacial score (nSPS) is 17.7. The lowest BCUT2D eigenvalue weighted by molar-refractivity contribution is -0.128. The number of thioether (sulfide) groups is 1. The van der Waals surface area contributed by atoms with E-state index in [0.717, 1.165) is 17.0 Å². The van der Waals surface area contributed by atoms with Gasteiger partial charge in [0.25, 0.3) is 0 Å². The van der Waals surface area contributed by atoms with Crippen molar-refractivity contribution in [2.45, 2.75) is 5.37 Å². The standard InChI is InChI=1S/C17H20N2O3S/c1-21-9-8-19-16(20)12-23-17(19)13-6-7-18(11-13)14-4-3-5-15(10-14)22-2/h3-7,10-11,17H,8-9,12H2,1-2H3/t17-/m0/s1. The van der Waals surface area contributed by atoms with Gasteiger partial charge in [0.05, 0.1) is 19.5 Å². The molecule has 1 aromatic heterocycles. The third kappa shape index (κ3) is 3.38. The Hall–Kier alpha value is -1.92. The average Bonchev–Trinajstić information content (AvgIpc) is 3.20. The molecular formula is C17H20N2O3S. The first-order valence-corrected chi connectivity index (χ1v) is 8.50. The number of carbonyl (C=O) groups excluding carboxylic acids is 1. The molecule has 6 heteroatoms. The zero-order chi connectivity index (χ0) is 16.2. The molecule has 0 radical (unpaired) electrons. The molecule has 1 fully saturated rings. The fourth-order valence-electron chi connectivity index (χ4n) is 2.65. The fraction of sp³-hybridized carbons (Fsp3) is 0.353. The molecule has 1 saturated heterocycles. The van der Waals surface area contributed by atoms with Gasteiger partial charge in [0.1, 0.15) is 11.1 Å². The van der Waals surface area contributed by atoms with Gasteiger partial charge in [-0.15, -0.1) is 11.8 Å². The number of hydrogen-bond donors (Lipinski definition) is 0. The molecule has 122 valence electrons. The zero-order valence-electron chi connectivity index (χ0n) is 13.3. The molecule has 0 unspecified atom stereocenters. The molecule has 23 heavy (non-hydrogen) atoms. The van der Waals surface area contributed by atoms with Crippen LogP contribution in [0.3, 0.4) is 0 Å². The molecular weight excluding hydrogens is 312 g/mol. The summed E-state index contributed by atoms with van der Waals surface area (Å²) in [6, 6.07) is 9.97. The molecule has 0 spiro atoms. The molecule has 1 atom stereocenters. The highest BCUT2D eigenvalue weighted by Gasteiger charge is 2.32. The number of hydrogen-bond acceptors (Lipinski definition) is 4. The highest BCUT2D eigenvalue weighted by atomic mass is 32.2. The molecule has 1 amide bonds.